The molecule has 23 heavy (non-hydrogen) atoms. The molecule has 1 fully saturated rings. The summed E-state index contributed by atoms with van der Waals surface area (Å²) in [5, 5.41) is 15.8. The summed E-state index contributed by atoms with van der Waals surface area (Å²) in [5.41, 5.74) is 1.35. The van der Waals surface area contributed by atoms with E-state index in [1.54, 1.807) is 0 Å². The normalized spacial score (nSPS) is 22.6. The average molecular weight is 312 g/mol. The van der Waals surface area contributed by atoms with Crippen molar-refractivity contribution in [2.45, 2.75) is 50.7 Å². The van der Waals surface area contributed by atoms with E-state index in [9.17, 15) is 0 Å². The molecule has 1 aromatic carbocycles. The highest BCUT2D eigenvalue weighted by molar-refractivity contribution is 5.46. The molecular formula is C17H24N6. The first-order chi connectivity index (χ1) is 11.4. The minimum absolute atomic E-state index is 0.576. The first kappa shape index (κ1) is 14.6. The molecule has 6 nitrogen and oxygen atoms in total. The maximum absolute atomic E-state index is 4.11. The number of anilines is 1. The van der Waals surface area contributed by atoms with Crippen molar-refractivity contribution >= 4 is 5.69 Å². The Bertz CT molecular complexity index is 595. The van der Waals surface area contributed by atoms with Gasteiger partial charge in [-0.3, -0.25) is 0 Å². The number of nitrogens with zero attached hydrogens (tertiary/aromatic N) is 5. The summed E-state index contributed by atoms with van der Waals surface area (Å²) in [6.07, 6.45) is 5.68. The Morgan fingerprint density at radius 2 is 1.65 bits per heavy atom. The molecule has 0 radical (unpaired) electrons. The number of rotatable bonds is 3. The van der Waals surface area contributed by atoms with Crippen LogP contribution in [0, 0.1) is 0 Å². The fraction of sp³-hybridized carbons (Fsp3) is 0.588. The summed E-state index contributed by atoms with van der Waals surface area (Å²) in [6.45, 7) is 3.21. The van der Waals surface area contributed by atoms with Crippen LogP contribution in [0.2, 0.25) is 0 Å². The Hall–Kier alpha value is -1.95. The lowest BCUT2D eigenvalue weighted by Gasteiger charge is -2.35. The van der Waals surface area contributed by atoms with Crippen molar-refractivity contribution < 1.29 is 0 Å². The van der Waals surface area contributed by atoms with Gasteiger partial charge in [-0.25, -0.2) is 4.68 Å². The van der Waals surface area contributed by atoms with E-state index in [0.29, 0.717) is 12.1 Å². The molecule has 0 spiro atoms. The molecule has 1 saturated heterocycles. The Morgan fingerprint density at radius 3 is 2.48 bits per heavy atom. The maximum atomic E-state index is 4.11. The number of hydrogen-bond donors (Lipinski definition) is 1. The maximum Gasteiger partial charge on any atom is 0.151 e. The number of aromatic nitrogens is 4. The lowest BCUT2D eigenvalue weighted by atomic mass is 10.0. The number of benzene rings is 1. The highest BCUT2D eigenvalue weighted by Gasteiger charge is 2.24. The van der Waals surface area contributed by atoms with Gasteiger partial charge in [0.05, 0.1) is 0 Å². The molecule has 0 amide bonds. The van der Waals surface area contributed by atoms with Gasteiger partial charge in [-0.1, -0.05) is 18.2 Å². The fourth-order valence-electron chi connectivity index (χ4n) is 3.74. The molecule has 2 aliphatic rings. The predicted molar refractivity (Wildman–Crippen MR) is 89.4 cm³/mol. The largest absolute Gasteiger partial charge is 0.371 e. The van der Waals surface area contributed by atoms with Gasteiger partial charge >= 0.3 is 0 Å². The lowest BCUT2D eigenvalue weighted by molar-refractivity contribution is 0.339. The van der Waals surface area contributed by atoms with Crippen molar-refractivity contribution in [2.75, 3.05) is 18.0 Å². The SMILES string of the molecule is c1ccc(N2CCC(NC3CCc4nnnn4CC3)CC2)cc1. The van der Waals surface area contributed by atoms with Gasteiger partial charge in [0, 0.05) is 43.8 Å². The summed E-state index contributed by atoms with van der Waals surface area (Å²) >= 11 is 0. The molecular weight excluding hydrogens is 288 g/mol. The third-order valence-corrected chi connectivity index (χ3v) is 5.10. The highest BCUT2D eigenvalue weighted by Crippen LogP contribution is 2.21. The zero-order valence-electron chi connectivity index (χ0n) is 13.4. The Morgan fingerprint density at radius 1 is 0.913 bits per heavy atom. The van der Waals surface area contributed by atoms with Crippen LogP contribution in [-0.4, -0.2) is 45.4 Å². The van der Waals surface area contributed by atoms with Crippen LogP contribution in [0.25, 0.3) is 0 Å². The van der Waals surface area contributed by atoms with Crippen molar-refractivity contribution in [3.8, 4) is 0 Å². The van der Waals surface area contributed by atoms with Gasteiger partial charge in [0.1, 0.15) is 0 Å². The number of hydrogen-bond acceptors (Lipinski definition) is 5. The molecule has 3 heterocycles. The van der Waals surface area contributed by atoms with Gasteiger partial charge in [0.2, 0.25) is 0 Å². The van der Waals surface area contributed by atoms with Crippen LogP contribution >= 0.6 is 0 Å². The molecule has 0 bridgehead atoms. The van der Waals surface area contributed by atoms with Crippen LogP contribution in [0.15, 0.2) is 30.3 Å². The van der Waals surface area contributed by atoms with E-state index < -0.39 is 0 Å². The molecule has 2 aromatic rings. The van der Waals surface area contributed by atoms with Gasteiger partial charge in [-0.05, 0) is 48.2 Å². The van der Waals surface area contributed by atoms with Crippen LogP contribution in [0.5, 0.6) is 0 Å². The quantitative estimate of drug-likeness (QED) is 0.933. The van der Waals surface area contributed by atoms with Gasteiger partial charge in [-0.2, -0.15) is 0 Å². The Balaban J connectivity index is 1.28. The van der Waals surface area contributed by atoms with Gasteiger partial charge in [0.15, 0.2) is 5.82 Å². The number of piperidine rings is 1. The first-order valence-electron chi connectivity index (χ1n) is 8.69. The molecule has 0 aliphatic carbocycles. The van der Waals surface area contributed by atoms with Gasteiger partial charge in [-0.15, -0.1) is 5.10 Å². The third kappa shape index (κ3) is 3.37. The average Bonchev–Trinajstić information content (AvgIpc) is 2.98. The highest BCUT2D eigenvalue weighted by atomic mass is 15.5. The van der Waals surface area contributed by atoms with Crippen molar-refractivity contribution in [3.05, 3.63) is 36.2 Å². The van der Waals surface area contributed by atoms with E-state index in [0.717, 1.165) is 44.7 Å². The second-order valence-corrected chi connectivity index (χ2v) is 6.61. The van der Waals surface area contributed by atoms with Crippen molar-refractivity contribution in [1.29, 1.82) is 0 Å². The molecule has 1 N–H and O–H groups in total. The lowest BCUT2D eigenvalue weighted by Crippen LogP contribution is -2.46. The summed E-state index contributed by atoms with van der Waals surface area (Å²) in [7, 11) is 0. The minimum Gasteiger partial charge on any atom is -0.371 e. The number of nitrogens with one attached hydrogen (secondary N) is 1. The molecule has 1 aromatic heterocycles. The smallest absolute Gasteiger partial charge is 0.151 e. The van der Waals surface area contributed by atoms with E-state index in [1.807, 2.05) is 4.68 Å². The predicted octanol–water partition coefficient (Wildman–Crippen LogP) is 1.64. The van der Waals surface area contributed by atoms with Crippen LogP contribution in [0.1, 0.15) is 31.5 Å². The van der Waals surface area contributed by atoms with Crippen LogP contribution in [0.4, 0.5) is 5.69 Å². The van der Waals surface area contributed by atoms with E-state index >= 15 is 0 Å². The molecule has 1 unspecified atom stereocenters. The second kappa shape index (κ2) is 6.66. The fourth-order valence-corrected chi connectivity index (χ4v) is 3.74. The number of aryl methyl sites for hydroxylation is 2. The summed E-state index contributed by atoms with van der Waals surface area (Å²) in [5.74, 6) is 1.04. The topological polar surface area (TPSA) is 58.9 Å². The van der Waals surface area contributed by atoms with Crippen LogP contribution in [-0.2, 0) is 13.0 Å². The first-order valence-corrected chi connectivity index (χ1v) is 8.69. The van der Waals surface area contributed by atoms with Crippen molar-refractivity contribution in [1.82, 2.24) is 25.5 Å². The molecule has 0 saturated carbocycles. The monoisotopic (exact) mass is 312 g/mol. The van der Waals surface area contributed by atoms with E-state index in [1.165, 1.54) is 18.5 Å². The molecule has 6 heteroatoms. The summed E-state index contributed by atoms with van der Waals surface area (Å²) in [4.78, 5) is 2.50. The second-order valence-electron chi connectivity index (χ2n) is 6.61. The minimum atomic E-state index is 0.576. The molecule has 122 valence electrons. The number of para-hydroxylation sites is 1. The van der Waals surface area contributed by atoms with Crippen LogP contribution in [0.3, 0.4) is 0 Å². The van der Waals surface area contributed by atoms with E-state index in [2.05, 4.69) is 56.1 Å². The molecule has 2 aliphatic heterocycles. The Kier molecular flexibility index (Phi) is 4.24. The zero-order chi connectivity index (χ0) is 15.5. The van der Waals surface area contributed by atoms with Crippen LogP contribution < -0.4 is 10.2 Å². The third-order valence-electron chi connectivity index (χ3n) is 5.10. The van der Waals surface area contributed by atoms with Gasteiger partial charge < -0.3 is 10.2 Å². The molecule has 1 atom stereocenters. The number of tetrazole rings is 1. The summed E-state index contributed by atoms with van der Waals surface area (Å²) in [6, 6.07) is 12.0. The van der Waals surface area contributed by atoms with E-state index in [-0.39, 0.29) is 0 Å². The van der Waals surface area contributed by atoms with Crippen molar-refractivity contribution in [2.24, 2.45) is 0 Å². The summed E-state index contributed by atoms with van der Waals surface area (Å²) < 4.78 is 1.96. The Labute approximate surface area is 136 Å². The standard InChI is InChI=1S/C17H24N6/c1-2-4-16(5-3-1)22-11-8-15(9-12-22)18-14-6-7-17-19-20-21-23(17)13-10-14/h1-5,14-15,18H,6-13H2. The van der Waals surface area contributed by atoms with Gasteiger partial charge in [0.25, 0.3) is 0 Å². The van der Waals surface area contributed by atoms with Crippen molar-refractivity contribution in [3.63, 3.8) is 0 Å². The van der Waals surface area contributed by atoms with E-state index in [4.69, 9.17) is 0 Å². The number of fused-ring (bicyclic) bond motifs is 1. The zero-order valence-corrected chi connectivity index (χ0v) is 13.4. The molecule has 4 rings (SSSR count).